The Hall–Kier alpha value is -0.900. The Bertz CT molecular complexity index is 427. The molecule has 0 spiro atoms. The molecule has 1 fully saturated rings. The van der Waals surface area contributed by atoms with Gasteiger partial charge in [-0.3, -0.25) is 0 Å². The smallest absolute Gasteiger partial charge is 0.0860 e. The van der Waals surface area contributed by atoms with Crippen LogP contribution in [0.3, 0.4) is 0 Å². The van der Waals surface area contributed by atoms with Gasteiger partial charge in [0.05, 0.1) is 6.10 Å². The van der Waals surface area contributed by atoms with Crippen LogP contribution in [0.2, 0.25) is 0 Å². The highest BCUT2D eigenvalue weighted by molar-refractivity contribution is 5.29. The van der Waals surface area contributed by atoms with Crippen molar-refractivity contribution >= 4 is 0 Å². The first kappa shape index (κ1) is 15.5. The number of hydrogen-bond acceptors (Lipinski definition) is 3. The van der Waals surface area contributed by atoms with E-state index in [1.807, 2.05) is 12.1 Å². The number of ether oxygens (including phenoxy) is 1. The molecule has 1 aliphatic rings. The SMILES string of the molecule is CC(C)(C)c1ccc([C@H](O)C2(CN)CCOCC2)cc1. The topological polar surface area (TPSA) is 55.5 Å². The maximum Gasteiger partial charge on any atom is 0.0860 e. The third-order valence-electron chi connectivity index (χ3n) is 4.57. The van der Waals surface area contributed by atoms with Crippen LogP contribution in [0.4, 0.5) is 0 Å². The molecule has 0 unspecified atom stereocenters. The lowest BCUT2D eigenvalue weighted by Gasteiger charge is -2.40. The van der Waals surface area contributed by atoms with Crippen molar-refractivity contribution in [1.82, 2.24) is 0 Å². The second kappa shape index (κ2) is 5.84. The minimum atomic E-state index is -0.509. The molecular formula is C17H27NO2. The maximum absolute atomic E-state index is 10.8. The van der Waals surface area contributed by atoms with E-state index in [2.05, 4.69) is 32.9 Å². The van der Waals surface area contributed by atoms with Gasteiger partial charge in [0.25, 0.3) is 0 Å². The molecule has 1 aliphatic heterocycles. The van der Waals surface area contributed by atoms with Crippen LogP contribution in [0, 0.1) is 5.41 Å². The summed E-state index contributed by atoms with van der Waals surface area (Å²) < 4.78 is 5.41. The summed E-state index contributed by atoms with van der Waals surface area (Å²) in [6.45, 7) is 8.45. The van der Waals surface area contributed by atoms with Crippen molar-refractivity contribution in [1.29, 1.82) is 0 Å². The summed E-state index contributed by atoms with van der Waals surface area (Å²) in [5.74, 6) is 0. The average molecular weight is 277 g/mol. The van der Waals surface area contributed by atoms with E-state index in [-0.39, 0.29) is 10.8 Å². The van der Waals surface area contributed by atoms with E-state index in [4.69, 9.17) is 10.5 Å². The van der Waals surface area contributed by atoms with Gasteiger partial charge in [-0.25, -0.2) is 0 Å². The number of aliphatic hydroxyl groups is 1. The van der Waals surface area contributed by atoms with Crippen LogP contribution >= 0.6 is 0 Å². The minimum absolute atomic E-state index is 0.133. The van der Waals surface area contributed by atoms with Crippen molar-refractivity contribution in [2.45, 2.75) is 45.1 Å². The first-order chi connectivity index (χ1) is 9.39. The zero-order chi connectivity index (χ0) is 14.8. The lowest BCUT2D eigenvalue weighted by atomic mass is 9.72. The molecule has 1 atom stereocenters. The first-order valence-corrected chi connectivity index (χ1v) is 7.45. The van der Waals surface area contributed by atoms with Gasteiger partial charge in [0, 0.05) is 25.2 Å². The zero-order valence-corrected chi connectivity index (χ0v) is 12.9. The van der Waals surface area contributed by atoms with E-state index in [1.54, 1.807) is 0 Å². The van der Waals surface area contributed by atoms with E-state index in [0.717, 1.165) is 18.4 Å². The highest BCUT2D eigenvalue weighted by Gasteiger charge is 2.39. The molecule has 3 heteroatoms. The molecule has 0 amide bonds. The number of rotatable bonds is 3. The molecule has 0 bridgehead atoms. The standard InChI is InChI=1S/C17H27NO2/c1-16(2,3)14-6-4-13(5-7-14)15(19)17(12-18)8-10-20-11-9-17/h4-7,15,19H,8-12,18H2,1-3H3/t15-/m0/s1. The second-order valence-corrected chi connectivity index (χ2v) is 6.95. The van der Waals surface area contributed by atoms with Crippen LogP contribution in [0.15, 0.2) is 24.3 Å². The first-order valence-electron chi connectivity index (χ1n) is 7.45. The summed E-state index contributed by atoms with van der Waals surface area (Å²) in [4.78, 5) is 0. The Morgan fingerprint density at radius 3 is 2.20 bits per heavy atom. The minimum Gasteiger partial charge on any atom is -0.388 e. The second-order valence-electron chi connectivity index (χ2n) is 6.95. The largest absolute Gasteiger partial charge is 0.388 e. The lowest BCUT2D eigenvalue weighted by molar-refractivity contribution is -0.0581. The van der Waals surface area contributed by atoms with Gasteiger partial charge in [0.1, 0.15) is 0 Å². The summed E-state index contributed by atoms with van der Waals surface area (Å²) in [5, 5.41) is 10.8. The molecule has 1 heterocycles. The van der Waals surface area contributed by atoms with Crippen LogP contribution in [-0.4, -0.2) is 24.9 Å². The van der Waals surface area contributed by atoms with E-state index in [0.29, 0.717) is 19.8 Å². The third kappa shape index (κ3) is 3.05. The Balaban J connectivity index is 2.21. The molecule has 0 saturated carbocycles. The molecule has 1 aromatic rings. The summed E-state index contributed by atoms with van der Waals surface area (Å²) in [5.41, 5.74) is 8.10. The number of hydrogen-bond donors (Lipinski definition) is 2. The maximum atomic E-state index is 10.8. The Morgan fingerprint density at radius 1 is 1.20 bits per heavy atom. The Morgan fingerprint density at radius 2 is 1.75 bits per heavy atom. The predicted octanol–water partition coefficient (Wildman–Crippen LogP) is 2.77. The highest BCUT2D eigenvalue weighted by Crippen LogP contribution is 2.41. The average Bonchev–Trinajstić information content (AvgIpc) is 2.46. The van der Waals surface area contributed by atoms with Crippen LogP contribution in [0.5, 0.6) is 0 Å². The molecule has 0 radical (unpaired) electrons. The van der Waals surface area contributed by atoms with E-state index >= 15 is 0 Å². The number of aliphatic hydroxyl groups excluding tert-OH is 1. The van der Waals surface area contributed by atoms with Crippen molar-refractivity contribution in [3.05, 3.63) is 35.4 Å². The van der Waals surface area contributed by atoms with Gasteiger partial charge in [0.2, 0.25) is 0 Å². The van der Waals surface area contributed by atoms with E-state index < -0.39 is 6.10 Å². The summed E-state index contributed by atoms with van der Waals surface area (Å²) in [6.07, 6.45) is 1.14. The Kier molecular flexibility index (Phi) is 4.52. The van der Waals surface area contributed by atoms with Crippen molar-refractivity contribution in [2.24, 2.45) is 11.1 Å². The van der Waals surface area contributed by atoms with Crippen LogP contribution in [0.1, 0.15) is 50.8 Å². The highest BCUT2D eigenvalue weighted by atomic mass is 16.5. The fraction of sp³-hybridized carbons (Fsp3) is 0.647. The van der Waals surface area contributed by atoms with Crippen molar-refractivity contribution in [2.75, 3.05) is 19.8 Å². The lowest BCUT2D eigenvalue weighted by Crippen LogP contribution is -2.41. The van der Waals surface area contributed by atoms with Crippen molar-refractivity contribution in [3.8, 4) is 0 Å². The monoisotopic (exact) mass is 277 g/mol. The van der Waals surface area contributed by atoms with Crippen LogP contribution < -0.4 is 5.73 Å². The van der Waals surface area contributed by atoms with Gasteiger partial charge in [-0.15, -0.1) is 0 Å². The predicted molar refractivity (Wildman–Crippen MR) is 81.6 cm³/mol. The van der Waals surface area contributed by atoms with Gasteiger partial charge in [-0.1, -0.05) is 45.0 Å². The van der Waals surface area contributed by atoms with Crippen LogP contribution in [-0.2, 0) is 10.2 Å². The summed E-state index contributed by atoms with van der Waals surface area (Å²) in [6, 6.07) is 8.31. The van der Waals surface area contributed by atoms with E-state index in [1.165, 1.54) is 5.56 Å². The number of nitrogens with two attached hydrogens (primary N) is 1. The zero-order valence-electron chi connectivity index (χ0n) is 12.9. The van der Waals surface area contributed by atoms with E-state index in [9.17, 15) is 5.11 Å². The van der Waals surface area contributed by atoms with Crippen LogP contribution in [0.25, 0.3) is 0 Å². The normalized spacial score (nSPS) is 20.6. The molecule has 2 rings (SSSR count). The molecule has 20 heavy (non-hydrogen) atoms. The molecule has 1 saturated heterocycles. The molecule has 1 aromatic carbocycles. The molecule has 3 nitrogen and oxygen atoms in total. The molecule has 112 valence electrons. The van der Waals surface area contributed by atoms with Crippen molar-refractivity contribution < 1.29 is 9.84 Å². The molecule has 3 N–H and O–H groups in total. The summed E-state index contributed by atoms with van der Waals surface area (Å²) >= 11 is 0. The van der Waals surface area contributed by atoms with Gasteiger partial charge in [-0.05, 0) is 29.4 Å². The fourth-order valence-electron chi connectivity index (χ4n) is 2.89. The van der Waals surface area contributed by atoms with Gasteiger partial charge in [0.15, 0.2) is 0 Å². The quantitative estimate of drug-likeness (QED) is 0.893. The third-order valence-corrected chi connectivity index (χ3v) is 4.57. The van der Waals surface area contributed by atoms with Gasteiger partial charge in [-0.2, -0.15) is 0 Å². The van der Waals surface area contributed by atoms with Gasteiger partial charge < -0.3 is 15.6 Å². The van der Waals surface area contributed by atoms with Gasteiger partial charge >= 0.3 is 0 Å². The molecule has 0 aliphatic carbocycles. The fourth-order valence-corrected chi connectivity index (χ4v) is 2.89. The number of benzene rings is 1. The van der Waals surface area contributed by atoms with Crippen molar-refractivity contribution in [3.63, 3.8) is 0 Å². The summed E-state index contributed by atoms with van der Waals surface area (Å²) in [7, 11) is 0. The molecular weight excluding hydrogens is 250 g/mol. The molecule has 0 aromatic heterocycles. The Labute approximate surface area is 122 Å².